The molecule has 0 atom stereocenters. The van der Waals surface area contributed by atoms with E-state index in [4.69, 9.17) is 28.3 Å². The number of piperidine rings is 1. The van der Waals surface area contributed by atoms with E-state index in [1.54, 1.807) is 18.2 Å². The molecule has 1 aliphatic rings. The van der Waals surface area contributed by atoms with Crippen LogP contribution in [0.25, 0.3) is 0 Å². The van der Waals surface area contributed by atoms with Gasteiger partial charge in [-0.15, -0.1) is 0 Å². The maximum atomic E-state index is 12.8. The van der Waals surface area contributed by atoms with Crippen LogP contribution in [-0.4, -0.2) is 42.8 Å². The summed E-state index contributed by atoms with van der Waals surface area (Å²) in [5, 5.41) is 12.3. The molecule has 0 aliphatic carbocycles. The fraction of sp³-hybridized carbons (Fsp3) is 0.300. The summed E-state index contributed by atoms with van der Waals surface area (Å²) >= 11 is 12.2. The Morgan fingerprint density at radius 2 is 1.60 bits per heavy atom. The number of hydrogen-bond donors (Lipinski definition) is 2. The number of nitrogens with zero attached hydrogens (tertiary/aromatic N) is 1. The van der Waals surface area contributed by atoms with Crippen molar-refractivity contribution in [2.45, 2.75) is 18.6 Å². The Balaban J connectivity index is 1.58. The molecule has 1 fully saturated rings. The molecule has 30 heavy (non-hydrogen) atoms. The molecule has 160 valence electrons. The molecule has 3 rings (SSSR count). The number of anilines is 1. The van der Waals surface area contributed by atoms with Crippen LogP contribution in [0.15, 0.2) is 42.5 Å². The van der Waals surface area contributed by atoms with Gasteiger partial charge in [0, 0.05) is 40.3 Å². The number of benzene rings is 2. The quantitative estimate of drug-likeness (QED) is 0.666. The Kier molecular flexibility index (Phi) is 7.02. The molecule has 2 aromatic rings. The molecule has 1 saturated heterocycles. The monoisotopic (exact) mass is 470 g/mol. The van der Waals surface area contributed by atoms with Crippen molar-refractivity contribution in [1.82, 2.24) is 4.31 Å². The van der Waals surface area contributed by atoms with Crippen LogP contribution in [0.3, 0.4) is 0 Å². The smallest absolute Gasteiger partial charge is 0.335 e. The van der Waals surface area contributed by atoms with E-state index in [1.807, 2.05) is 0 Å². The van der Waals surface area contributed by atoms with Crippen molar-refractivity contribution in [2.75, 3.05) is 18.4 Å². The molecule has 0 spiro atoms. The lowest BCUT2D eigenvalue weighted by atomic mass is 9.97. The zero-order valence-electron chi connectivity index (χ0n) is 15.8. The number of halogens is 2. The molecular formula is C20H20Cl2N2O5S. The van der Waals surface area contributed by atoms with E-state index in [9.17, 15) is 18.0 Å². The number of amides is 1. The van der Waals surface area contributed by atoms with Crippen LogP contribution in [-0.2, 0) is 20.6 Å². The summed E-state index contributed by atoms with van der Waals surface area (Å²) in [5.74, 6) is -1.89. The van der Waals surface area contributed by atoms with Crippen LogP contribution < -0.4 is 5.32 Å². The zero-order valence-corrected chi connectivity index (χ0v) is 18.2. The van der Waals surface area contributed by atoms with Crippen molar-refractivity contribution in [3.8, 4) is 0 Å². The molecule has 0 saturated carbocycles. The van der Waals surface area contributed by atoms with Gasteiger partial charge in [0.05, 0.1) is 11.3 Å². The number of carboxylic acid groups (broad SMARTS) is 1. The maximum absolute atomic E-state index is 12.8. The topological polar surface area (TPSA) is 104 Å². The average Bonchev–Trinajstić information content (AvgIpc) is 2.71. The predicted molar refractivity (Wildman–Crippen MR) is 115 cm³/mol. The standard InChI is InChI=1S/C20H20Cl2N2O5S/c21-17-2-1-3-18(22)16(17)12-30(28,29)24-10-8-13(9-11-24)19(25)23-15-6-4-14(5-7-15)20(26)27/h1-7,13H,8-12H2,(H,23,25)(H,26,27). The van der Waals surface area contributed by atoms with Crippen molar-refractivity contribution in [2.24, 2.45) is 5.92 Å². The summed E-state index contributed by atoms with van der Waals surface area (Å²) in [5.41, 5.74) is 0.990. The summed E-state index contributed by atoms with van der Waals surface area (Å²) in [6.45, 7) is 0.445. The number of aromatic carboxylic acids is 1. The van der Waals surface area contributed by atoms with Gasteiger partial charge in [0.2, 0.25) is 15.9 Å². The minimum atomic E-state index is -3.63. The molecule has 2 N–H and O–H groups in total. The molecule has 10 heteroatoms. The zero-order chi connectivity index (χ0) is 21.9. The van der Waals surface area contributed by atoms with Gasteiger partial charge >= 0.3 is 5.97 Å². The fourth-order valence-corrected chi connectivity index (χ4v) is 5.60. The third-order valence-electron chi connectivity index (χ3n) is 5.01. The second kappa shape index (κ2) is 9.34. The first-order chi connectivity index (χ1) is 14.2. The molecule has 1 amide bonds. The Morgan fingerprint density at radius 1 is 1.03 bits per heavy atom. The van der Waals surface area contributed by atoms with Crippen LogP contribution in [0.2, 0.25) is 10.0 Å². The third kappa shape index (κ3) is 5.31. The van der Waals surface area contributed by atoms with E-state index in [0.717, 1.165) is 0 Å². The van der Waals surface area contributed by atoms with Gasteiger partial charge in [0.15, 0.2) is 0 Å². The molecule has 0 radical (unpaired) electrons. The van der Waals surface area contributed by atoms with Gasteiger partial charge in [0.25, 0.3) is 0 Å². The van der Waals surface area contributed by atoms with E-state index in [0.29, 0.717) is 34.1 Å². The lowest BCUT2D eigenvalue weighted by Gasteiger charge is -2.30. The van der Waals surface area contributed by atoms with Crippen LogP contribution in [0.1, 0.15) is 28.8 Å². The number of nitrogens with one attached hydrogen (secondary N) is 1. The number of carboxylic acids is 1. The normalized spacial score (nSPS) is 15.7. The van der Waals surface area contributed by atoms with E-state index in [-0.39, 0.29) is 36.2 Å². The van der Waals surface area contributed by atoms with Crippen molar-refractivity contribution < 1.29 is 23.1 Å². The highest BCUT2D eigenvalue weighted by Gasteiger charge is 2.32. The Labute approximate surface area is 184 Å². The lowest BCUT2D eigenvalue weighted by molar-refractivity contribution is -0.120. The first-order valence-corrected chi connectivity index (χ1v) is 11.6. The second-order valence-electron chi connectivity index (χ2n) is 7.00. The van der Waals surface area contributed by atoms with Crippen molar-refractivity contribution in [1.29, 1.82) is 0 Å². The third-order valence-corrected chi connectivity index (χ3v) is 7.52. The number of sulfonamides is 1. The molecular weight excluding hydrogens is 451 g/mol. The van der Waals surface area contributed by atoms with Gasteiger partial charge in [0.1, 0.15) is 0 Å². The molecule has 0 bridgehead atoms. The molecule has 2 aromatic carbocycles. The Morgan fingerprint density at radius 3 is 2.13 bits per heavy atom. The van der Waals surface area contributed by atoms with Gasteiger partial charge < -0.3 is 10.4 Å². The molecule has 7 nitrogen and oxygen atoms in total. The molecule has 1 aliphatic heterocycles. The molecule has 1 heterocycles. The number of hydrogen-bond acceptors (Lipinski definition) is 4. The highest BCUT2D eigenvalue weighted by molar-refractivity contribution is 7.88. The predicted octanol–water partition coefficient (Wildman–Crippen LogP) is 3.87. The average molecular weight is 471 g/mol. The minimum Gasteiger partial charge on any atom is -0.478 e. The minimum absolute atomic E-state index is 0.130. The maximum Gasteiger partial charge on any atom is 0.335 e. The lowest BCUT2D eigenvalue weighted by Crippen LogP contribution is -2.41. The van der Waals surface area contributed by atoms with E-state index < -0.39 is 16.0 Å². The summed E-state index contributed by atoms with van der Waals surface area (Å²) in [6.07, 6.45) is 0.767. The van der Waals surface area contributed by atoms with Gasteiger partial charge in [-0.25, -0.2) is 17.5 Å². The highest BCUT2D eigenvalue weighted by Crippen LogP contribution is 2.29. The first-order valence-electron chi connectivity index (χ1n) is 9.22. The number of carbonyl (C=O) groups excluding carboxylic acids is 1. The first kappa shape index (κ1) is 22.6. The summed E-state index contributed by atoms with van der Waals surface area (Å²) < 4.78 is 26.9. The number of carbonyl (C=O) groups is 2. The molecule has 0 aromatic heterocycles. The number of rotatable bonds is 6. The Hall–Kier alpha value is -2.13. The van der Waals surface area contributed by atoms with Crippen LogP contribution >= 0.6 is 23.2 Å². The van der Waals surface area contributed by atoms with Crippen LogP contribution in [0.4, 0.5) is 5.69 Å². The van der Waals surface area contributed by atoms with Crippen LogP contribution in [0.5, 0.6) is 0 Å². The van der Waals surface area contributed by atoms with Crippen molar-refractivity contribution in [3.05, 3.63) is 63.6 Å². The van der Waals surface area contributed by atoms with Crippen molar-refractivity contribution in [3.63, 3.8) is 0 Å². The summed E-state index contributed by atoms with van der Waals surface area (Å²) in [7, 11) is -3.63. The summed E-state index contributed by atoms with van der Waals surface area (Å²) in [6, 6.07) is 10.7. The van der Waals surface area contributed by atoms with E-state index in [2.05, 4.69) is 5.32 Å². The second-order valence-corrected chi connectivity index (χ2v) is 9.78. The van der Waals surface area contributed by atoms with Gasteiger partial charge in [-0.2, -0.15) is 0 Å². The highest BCUT2D eigenvalue weighted by atomic mass is 35.5. The van der Waals surface area contributed by atoms with E-state index >= 15 is 0 Å². The van der Waals surface area contributed by atoms with Crippen LogP contribution in [0, 0.1) is 5.92 Å². The SMILES string of the molecule is O=C(O)c1ccc(NC(=O)C2CCN(S(=O)(=O)Cc3c(Cl)cccc3Cl)CC2)cc1. The summed E-state index contributed by atoms with van der Waals surface area (Å²) in [4.78, 5) is 23.4. The van der Waals surface area contributed by atoms with Gasteiger partial charge in [-0.3, -0.25) is 4.79 Å². The van der Waals surface area contributed by atoms with Gasteiger partial charge in [-0.05, 0) is 49.2 Å². The fourth-order valence-electron chi connectivity index (χ4n) is 3.28. The van der Waals surface area contributed by atoms with Crippen molar-refractivity contribution >= 4 is 50.8 Å². The van der Waals surface area contributed by atoms with Gasteiger partial charge in [-0.1, -0.05) is 29.3 Å². The largest absolute Gasteiger partial charge is 0.478 e. The Bertz CT molecular complexity index is 1030. The molecule has 0 unspecified atom stereocenters. The van der Waals surface area contributed by atoms with E-state index in [1.165, 1.54) is 28.6 Å².